The SMILES string of the molecule is C.C.C.C.C.C.C.CC1(OC(=O)C2CC3CCC2C3)CCCC1.CC[Si](C)(C)C[Si](C)(C)C[SiH](C)C.O=C1OC(=O)C2C3CCC(C3)C12. The van der Waals surface area contributed by atoms with Crippen LogP contribution in [0.2, 0.25) is 56.7 Å². The molecule has 0 radical (unpaired) electrons. The minimum absolute atomic E-state index is 0. The molecule has 5 saturated carbocycles. The van der Waals surface area contributed by atoms with Gasteiger partial charge in [-0.05, 0) is 94.8 Å². The van der Waals surface area contributed by atoms with Crippen molar-refractivity contribution < 1.29 is 23.9 Å². The molecule has 0 amide bonds. The van der Waals surface area contributed by atoms with E-state index in [9.17, 15) is 14.4 Å². The van der Waals surface area contributed by atoms with E-state index in [1.165, 1.54) is 38.1 Å². The summed E-state index contributed by atoms with van der Waals surface area (Å²) in [6, 6.07) is 1.48. The molecule has 6 aliphatic rings. The molecular weight excluding hydrogens is 645 g/mol. The fourth-order valence-corrected chi connectivity index (χ4v) is 32.0. The molecular formula is C40H88O5Si3. The molecule has 1 aliphatic heterocycles. The third-order valence-electron chi connectivity index (χ3n) is 11.6. The minimum Gasteiger partial charge on any atom is -0.459 e. The van der Waals surface area contributed by atoms with Crippen LogP contribution in [0.1, 0.15) is 136 Å². The zero-order valence-corrected chi connectivity index (χ0v) is 30.7. The summed E-state index contributed by atoms with van der Waals surface area (Å²) in [5, 5.41) is 0. The largest absolute Gasteiger partial charge is 0.459 e. The number of rotatable bonds is 7. The Balaban J connectivity index is -0.000000285. The summed E-state index contributed by atoms with van der Waals surface area (Å²) in [4.78, 5) is 34.6. The maximum atomic E-state index is 12.2. The molecule has 48 heavy (non-hydrogen) atoms. The summed E-state index contributed by atoms with van der Waals surface area (Å²) in [5.41, 5.74) is 3.18. The van der Waals surface area contributed by atoms with E-state index < -0.39 is 16.1 Å². The fraction of sp³-hybridized carbons (Fsp3) is 0.925. The third kappa shape index (κ3) is 13.4. The first kappa shape index (κ1) is 54.0. The lowest BCUT2D eigenvalue weighted by molar-refractivity contribution is -0.164. The molecule has 6 rings (SSSR count). The first-order valence-corrected chi connectivity index (χ1v) is 27.1. The van der Waals surface area contributed by atoms with E-state index in [4.69, 9.17) is 4.74 Å². The lowest BCUT2D eigenvalue weighted by atomic mass is 9.81. The van der Waals surface area contributed by atoms with E-state index in [1.54, 1.807) is 11.3 Å². The summed E-state index contributed by atoms with van der Waals surface area (Å²) >= 11 is 0. The van der Waals surface area contributed by atoms with Crippen molar-refractivity contribution in [2.75, 3.05) is 0 Å². The second-order valence-electron chi connectivity index (χ2n) is 16.9. The molecule has 0 aromatic carbocycles. The molecule has 8 heteroatoms. The summed E-state index contributed by atoms with van der Waals surface area (Å²) in [7, 11) is -1.91. The van der Waals surface area contributed by atoms with Gasteiger partial charge in [0.2, 0.25) is 0 Å². The topological polar surface area (TPSA) is 69.7 Å². The molecule has 0 aromatic rings. The van der Waals surface area contributed by atoms with Gasteiger partial charge in [0.05, 0.1) is 17.8 Å². The lowest BCUT2D eigenvalue weighted by Crippen LogP contribution is -2.41. The molecule has 1 saturated heterocycles. The maximum absolute atomic E-state index is 12.2. The van der Waals surface area contributed by atoms with E-state index in [0.29, 0.717) is 17.8 Å². The van der Waals surface area contributed by atoms with Crippen LogP contribution in [0, 0.1) is 41.4 Å². The molecule has 1 heterocycles. The highest BCUT2D eigenvalue weighted by Gasteiger charge is 2.59. The number of carbonyl (C=O) groups excluding carboxylic acids is 3. The van der Waals surface area contributed by atoms with Crippen LogP contribution >= 0.6 is 0 Å². The predicted octanol–water partition coefficient (Wildman–Crippen LogP) is 12.5. The number of hydrogen-bond acceptors (Lipinski definition) is 5. The van der Waals surface area contributed by atoms with Crippen LogP contribution in [0.15, 0.2) is 0 Å². The highest BCUT2D eigenvalue weighted by atomic mass is 28.4. The maximum Gasteiger partial charge on any atom is 0.317 e. The van der Waals surface area contributed by atoms with Gasteiger partial charge in [-0.15, -0.1) is 0 Å². The van der Waals surface area contributed by atoms with Crippen molar-refractivity contribution >= 4 is 42.9 Å². The number of cyclic esters (lactones) is 2. The summed E-state index contributed by atoms with van der Waals surface area (Å²) in [6.07, 6.45) is 12.9. The Morgan fingerprint density at radius 1 is 0.771 bits per heavy atom. The highest BCUT2D eigenvalue weighted by Crippen LogP contribution is 2.55. The van der Waals surface area contributed by atoms with Gasteiger partial charge in [0, 0.05) is 24.9 Å². The number of hydrogen-bond donors (Lipinski definition) is 0. The van der Waals surface area contributed by atoms with E-state index in [2.05, 4.69) is 57.9 Å². The zero-order chi connectivity index (χ0) is 30.2. The third-order valence-corrected chi connectivity index (χ3v) is 28.8. The second kappa shape index (κ2) is 21.6. The smallest absolute Gasteiger partial charge is 0.317 e. The van der Waals surface area contributed by atoms with Gasteiger partial charge < -0.3 is 9.47 Å². The van der Waals surface area contributed by atoms with Crippen molar-refractivity contribution in [1.82, 2.24) is 0 Å². The second-order valence-corrected chi connectivity index (χ2v) is 32.1. The Bertz CT molecular complexity index is 933. The van der Waals surface area contributed by atoms with Crippen molar-refractivity contribution in [2.45, 2.75) is 199 Å². The van der Waals surface area contributed by atoms with Crippen molar-refractivity contribution in [3.63, 3.8) is 0 Å². The van der Waals surface area contributed by atoms with Gasteiger partial charge in [0.1, 0.15) is 5.60 Å². The molecule has 7 unspecified atom stereocenters. The first-order chi connectivity index (χ1) is 19.1. The average Bonchev–Trinajstić information content (AvgIpc) is 3.70. The summed E-state index contributed by atoms with van der Waals surface area (Å²) in [6.45, 7) is 19.9. The standard InChI is InChI=1S/C14H22O2.C10H28Si3.C9H10O3.7CH4/c1-14(6-2-3-7-14)16-13(15)12-9-10-4-5-11(12)8-10;1-8-12(4,5)10-13(6,7)9-11(2)3;10-8-6-4-1-2-5(3-4)7(6)9(11)12-8;;;;;;;/h10-12H,2-9H2,1H3;11H,8-10H2,1-7H3;4-7H,1-3H2;7*1H4. The predicted molar refractivity (Wildman–Crippen MR) is 222 cm³/mol. The number of ether oxygens (including phenoxy) is 2. The summed E-state index contributed by atoms with van der Waals surface area (Å²) < 4.78 is 10.4. The molecule has 7 atom stereocenters. The Morgan fingerprint density at radius 3 is 1.65 bits per heavy atom. The number of fused-ring (bicyclic) bond motifs is 7. The number of carbonyl (C=O) groups is 3. The van der Waals surface area contributed by atoms with Crippen LogP contribution in [0.3, 0.4) is 0 Å². The Hall–Kier alpha value is -0.739. The van der Waals surface area contributed by atoms with Crippen LogP contribution in [0.4, 0.5) is 0 Å². The molecule has 290 valence electrons. The first-order valence-electron chi connectivity index (χ1n) is 17.1. The van der Waals surface area contributed by atoms with Crippen LogP contribution in [0.5, 0.6) is 0 Å². The molecule has 0 N–H and O–H groups in total. The van der Waals surface area contributed by atoms with E-state index in [-0.39, 0.29) is 102 Å². The van der Waals surface area contributed by atoms with E-state index in [0.717, 1.165) is 44.4 Å². The van der Waals surface area contributed by atoms with Crippen molar-refractivity contribution in [1.29, 1.82) is 0 Å². The normalized spacial score (nSPS) is 29.6. The van der Waals surface area contributed by atoms with Crippen LogP contribution in [0.25, 0.3) is 0 Å². The van der Waals surface area contributed by atoms with Crippen LogP contribution < -0.4 is 0 Å². The van der Waals surface area contributed by atoms with Gasteiger partial charge >= 0.3 is 17.9 Å². The van der Waals surface area contributed by atoms with Gasteiger partial charge in [-0.3, -0.25) is 14.4 Å². The quantitative estimate of drug-likeness (QED) is 0.148. The fourth-order valence-electron chi connectivity index (χ4n) is 9.88. The van der Waals surface area contributed by atoms with Crippen molar-refractivity contribution in [3.8, 4) is 0 Å². The Kier molecular flexibility index (Phi) is 24.3. The highest BCUT2D eigenvalue weighted by molar-refractivity contribution is 6.99. The van der Waals surface area contributed by atoms with E-state index in [1.807, 2.05) is 0 Å². The van der Waals surface area contributed by atoms with Crippen LogP contribution in [-0.4, -0.2) is 48.5 Å². The van der Waals surface area contributed by atoms with E-state index >= 15 is 0 Å². The molecule has 5 nitrogen and oxygen atoms in total. The van der Waals surface area contributed by atoms with Gasteiger partial charge in [-0.1, -0.05) is 122 Å². The average molecular weight is 733 g/mol. The van der Waals surface area contributed by atoms with Gasteiger partial charge in [0.25, 0.3) is 0 Å². The van der Waals surface area contributed by atoms with Crippen molar-refractivity contribution in [2.24, 2.45) is 41.4 Å². The Morgan fingerprint density at radius 2 is 1.25 bits per heavy atom. The molecule has 4 bridgehead atoms. The Labute approximate surface area is 305 Å². The summed E-state index contributed by atoms with van der Waals surface area (Å²) in [5.74, 6) is 2.15. The van der Waals surface area contributed by atoms with Crippen LogP contribution in [-0.2, 0) is 23.9 Å². The monoisotopic (exact) mass is 733 g/mol. The minimum atomic E-state index is -0.799. The van der Waals surface area contributed by atoms with Gasteiger partial charge in [-0.25, -0.2) is 0 Å². The lowest BCUT2D eigenvalue weighted by Gasteiger charge is -2.32. The van der Waals surface area contributed by atoms with Gasteiger partial charge in [0.15, 0.2) is 0 Å². The molecule has 0 spiro atoms. The molecule has 0 aromatic heterocycles. The number of esters is 3. The van der Waals surface area contributed by atoms with Gasteiger partial charge in [-0.2, -0.15) is 0 Å². The molecule has 6 fully saturated rings. The zero-order valence-electron chi connectivity index (χ0n) is 27.6. The van der Waals surface area contributed by atoms with Crippen molar-refractivity contribution in [3.05, 3.63) is 0 Å². The molecule has 5 aliphatic carbocycles.